The largest absolute Gasteiger partial charge is 0.438 e. The Morgan fingerprint density at radius 3 is 2.94 bits per heavy atom. The lowest BCUT2D eigenvalue weighted by atomic mass is 10.1. The highest BCUT2D eigenvalue weighted by atomic mass is 79.9. The van der Waals surface area contributed by atoms with E-state index in [9.17, 15) is 0 Å². The van der Waals surface area contributed by atoms with Gasteiger partial charge in [-0.15, -0.1) is 0 Å². The molecule has 1 heterocycles. The van der Waals surface area contributed by atoms with Crippen LogP contribution in [0.25, 0.3) is 0 Å². The van der Waals surface area contributed by atoms with Gasteiger partial charge < -0.3 is 4.74 Å². The zero-order chi connectivity index (χ0) is 12.5. The van der Waals surface area contributed by atoms with Crippen LogP contribution in [-0.2, 0) is 12.8 Å². The average Bonchev–Trinajstić information content (AvgIpc) is 2.81. The predicted molar refractivity (Wildman–Crippen MR) is 73.3 cm³/mol. The minimum atomic E-state index is 0.175. The molecule has 0 radical (unpaired) electrons. The minimum absolute atomic E-state index is 0.175. The number of fused-ring (bicyclic) bond motifs is 1. The summed E-state index contributed by atoms with van der Waals surface area (Å²) >= 11 is 9.10. The summed E-state index contributed by atoms with van der Waals surface area (Å²) in [5.41, 5.74) is 2.78. The van der Waals surface area contributed by atoms with Gasteiger partial charge in [-0.25, -0.2) is 4.98 Å². The lowest BCUT2D eigenvalue weighted by Crippen LogP contribution is -1.92. The third-order valence-electron chi connectivity index (χ3n) is 2.97. The second-order valence-corrected chi connectivity index (χ2v) is 5.37. The van der Waals surface area contributed by atoms with Crippen molar-refractivity contribution < 1.29 is 4.74 Å². The summed E-state index contributed by atoms with van der Waals surface area (Å²) in [6, 6.07) is 6.16. The molecule has 0 saturated carbocycles. The van der Waals surface area contributed by atoms with Crippen LogP contribution in [0.3, 0.4) is 0 Å². The molecule has 5 heteroatoms. The summed E-state index contributed by atoms with van der Waals surface area (Å²) in [7, 11) is 0. The number of aryl methyl sites for hydroxylation is 2. The average molecular weight is 326 g/mol. The molecule has 2 aromatic rings. The molecule has 3 nitrogen and oxygen atoms in total. The highest BCUT2D eigenvalue weighted by Crippen LogP contribution is 2.31. The van der Waals surface area contributed by atoms with Gasteiger partial charge in [-0.2, -0.15) is 4.98 Å². The molecule has 0 bridgehead atoms. The monoisotopic (exact) mass is 324 g/mol. The first kappa shape index (κ1) is 11.9. The fourth-order valence-corrected chi connectivity index (χ4v) is 2.52. The van der Waals surface area contributed by atoms with E-state index in [1.54, 1.807) is 6.20 Å². The Morgan fingerprint density at radius 2 is 2.06 bits per heavy atom. The summed E-state index contributed by atoms with van der Waals surface area (Å²) < 4.78 is 6.42. The van der Waals surface area contributed by atoms with E-state index in [1.807, 2.05) is 6.07 Å². The molecule has 1 aliphatic rings. The predicted octanol–water partition coefficient (Wildman–Crippen LogP) is 4.17. The van der Waals surface area contributed by atoms with Gasteiger partial charge in [0.1, 0.15) is 5.75 Å². The standard InChI is InChI=1S/C13H10BrClN2O/c14-11-7-16-13(15)17-12(11)18-10-5-4-8-2-1-3-9(8)6-10/h4-7H,1-3H2. The molecule has 1 aromatic heterocycles. The van der Waals surface area contributed by atoms with Gasteiger partial charge in [0.25, 0.3) is 0 Å². The van der Waals surface area contributed by atoms with Crippen LogP contribution < -0.4 is 4.74 Å². The topological polar surface area (TPSA) is 35.0 Å². The molecule has 0 fully saturated rings. The summed E-state index contributed by atoms with van der Waals surface area (Å²) in [4.78, 5) is 7.91. The van der Waals surface area contributed by atoms with Crippen molar-refractivity contribution in [1.29, 1.82) is 0 Å². The molecule has 0 spiro atoms. The highest BCUT2D eigenvalue weighted by molar-refractivity contribution is 9.10. The minimum Gasteiger partial charge on any atom is -0.438 e. The van der Waals surface area contributed by atoms with Crippen molar-refractivity contribution in [3.8, 4) is 11.6 Å². The van der Waals surface area contributed by atoms with Gasteiger partial charge in [0.15, 0.2) is 0 Å². The van der Waals surface area contributed by atoms with Crippen molar-refractivity contribution in [3.63, 3.8) is 0 Å². The normalized spacial score (nSPS) is 13.4. The molecule has 0 saturated heterocycles. The number of ether oxygens (including phenoxy) is 1. The van der Waals surface area contributed by atoms with E-state index in [2.05, 4.69) is 38.0 Å². The maximum atomic E-state index is 5.75. The molecule has 1 aromatic carbocycles. The maximum absolute atomic E-state index is 5.75. The van der Waals surface area contributed by atoms with Crippen LogP contribution in [0.4, 0.5) is 0 Å². The van der Waals surface area contributed by atoms with Crippen LogP contribution in [0.15, 0.2) is 28.9 Å². The molecular weight excluding hydrogens is 316 g/mol. The van der Waals surface area contributed by atoms with E-state index < -0.39 is 0 Å². The zero-order valence-electron chi connectivity index (χ0n) is 9.49. The quantitative estimate of drug-likeness (QED) is 0.777. The van der Waals surface area contributed by atoms with Gasteiger partial charge in [0, 0.05) is 6.20 Å². The van der Waals surface area contributed by atoms with E-state index in [-0.39, 0.29) is 5.28 Å². The molecule has 0 amide bonds. The third-order valence-corrected chi connectivity index (χ3v) is 3.69. The maximum Gasteiger partial charge on any atom is 0.237 e. The second kappa shape index (κ2) is 4.86. The Morgan fingerprint density at radius 1 is 1.22 bits per heavy atom. The molecule has 0 aliphatic heterocycles. The number of rotatable bonds is 2. The fraction of sp³-hybridized carbons (Fsp3) is 0.231. The Bertz CT molecular complexity index is 604. The molecule has 0 atom stereocenters. The van der Waals surface area contributed by atoms with E-state index >= 15 is 0 Å². The van der Waals surface area contributed by atoms with Crippen molar-refractivity contribution in [1.82, 2.24) is 9.97 Å². The van der Waals surface area contributed by atoms with Crippen LogP contribution in [0.5, 0.6) is 11.6 Å². The highest BCUT2D eigenvalue weighted by Gasteiger charge is 2.13. The summed E-state index contributed by atoms with van der Waals surface area (Å²) in [5, 5.41) is 0.175. The molecule has 3 rings (SSSR count). The van der Waals surface area contributed by atoms with Gasteiger partial charge in [-0.3, -0.25) is 0 Å². The SMILES string of the molecule is Clc1ncc(Br)c(Oc2ccc3c(c2)CCC3)n1. The van der Waals surface area contributed by atoms with Crippen LogP contribution in [0.2, 0.25) is 5.28 Å². The first-order valence-electron chi connectivity index (χ1n) is 5.70. The van der Waals surface area contributed by atoms with Crippen molar-refractivity contribution in [2.75, 3.05) is 0 Å². The van der Waals surface area contributed by atoms with E-state index in [0.29, 0.717) is 10.4 Å². The first-order chi connectivity index (χ1) is 8.72. The van der Waals surface area contributed by atoms with E-state index in [4.69, 9.17) is 16.3 Å². The number of aromatic nitrogens is 2. The van der Waals surface area contributed by atoms with Crippen molar-refractivity contribution in [2.45, 2.75) is 19.3 Å². The van der Waals surface area contributed by atoms with Gasteiger partial charge in [-0.1, -0.05) is 6.07 Å². The zero-order valence-corrected chi connectivity index (χ0v) is 11.8. The third kappa shape index (κ3) is 2.35. The van der Waals surface area contributed by atoms with Crippen LogP contribution in [0.1, 0.15) is 17.5 Å². The Balaban J connectivity index is 1.90. The smallest absolute Gasteiger partial charge is 0.237 e. The summed E-state index contributed by atoms with van der Waals surface area (Å²) in [5.74, 6) is 1.22. The molecule has 92 valence electrons. The molecular formula is C13H10BrClN2O. The molecule has 0 N–H and O–H groups in total. The van der Waals surface area contributed by atoms with Gasteiger partial charge >= 0.3 is 0 Å². The van der Waals surface area contributed by atoms with Crippen molar-refractivity contribution in [3.05, 3.63) is 45.3 Å². The van der Waals surface area contributed by atoms with Gasteiger partial charge in [-0.05, 0) is 70.1 Å². The van der Waals surface area contributed by atoms with Crippen molar-refractivity contribution >= 4 is 27.5 Å². The van der Waals surface area contributed by atoms with E-state index in [0.717, 1.165) is 12.2 Å². The second-order valence-electron chi connectivity index (χ2n) is 4.18. The Hall–Kier alpha value is -1.13. The Labute approximate surface area is 118 Å². The van der Waals surface area contributed by atoms with Gasteiger partial charge in [0.2, 0.25) is 11.2 Å². The number of hydrogen-bond donors (Lipinski definition) is 0. The number of halogens is 2. The molecule has 18 heavy (non-hydrogen) atoms. The lowest BCUT2D eigenvalue weighted by molar-refractivity contribution is 0.457. The number of benzene rings is 1. The van der Waals surface area contributed by atoms with Crippen LogP contribution in [-0.4, -0.2) is 9.97 Å². The molecule has 0 unspecified atom stereocenters. The first-order valence-corrected chi connectivity index (χ1v) is 6.87. The number of nitrogens with zero attached hydrogens (tertiary/aromatic N) is 2. The van der Waals surface area contributed by atoms with Crippen molar-refractivity contribution in [2.24, 2.45) is 0 Å². The summed E-state index contributed by atoms with van der Waals surface area (Å²) in [6.45, 7) is 0. The lowest BCUT2D eigenvalue weighted by Gasteiger charge is -2.08. The van der Waals surface area contributed by atoms with E-state index in [1.165, 1.54) is 24.0 Å². The molecule has 1 aliphatic carbocycles. The number of hydrogen-bond acceptors (Lipinski definition) is 3. The van der Waals surface area contributed by atoms with Crippen LogP contribution >= 0.6 is 27.5 Å². The Kier molecular flexibility index (Phi) is 3.22. The fourth-order valence-electron chi connectivity index (χ4n) is 2.13. The van der Waals surface area contributed by atoms with Gasteiger partial charge in [0.05, 0.1) is 4.47 Å². The van der Waals surface area contributed by atoms with Crippen LogP contribution in [0, 0.1) is 0 Å². The summed E-state index contributed by atoms with van der Waals surface area (Å²) in [6.07, 6.45) is 5.09.